The summed E-state index contributed by atoms with van der Waals surface area (Å²) < 4.78 is 63.2. The first-order valence-electron chi connectivity index (χ1n) is 22.2. The molecule has 5 heterocycles. The van der Waals surface area contributed by atoms with Gasteiger partial charge in [0.25, 0.3) is 11.8 Å². The van der Waals surface area contributed by atoms with Crippen LogP contribution < -0.4 is 20.7 Å². The van der Waals surface area contributed by atoms with Crippen LogP contribution >= 0.6 is 0 Å². The van der Waals surface area contributed by atoms with Crippen LogP contribution in [-0.4, -0.2) is 134 Å². The second kappa shape index (κ2) is 24.1. The fraction of sp³-hybridized carbons (Fsp3) is 0.391. The lowest BCUT2D eigenvalue weighted by atomic mass is 9.98. The molecule has 6 amide bonds. The van der Waals surface area contributed by atoms with Gasteiger partial charge in [-0.25, -0.2) is 4.68 Å². The third-order valence-electron chi connectivity index (χ3n) is 10.6. The van der Waals surface area contributed by atoms with Crippen molar-refractivity contribution in [2.24, 2.45) is 0 Å². The van der Waals surface area contributed by atoms with E-state index in [1.807, 2.05) is 13.1 Å². The number of carbonyl (C=O) groups excluding carboxylic acids is 6. The lowest BCUT2D eigenvalue weighted by Crippen LogP contribution is -2.54. The van der Waals surface area contributed by atoms with Gasteiger partial charge in [-0.15, -0.1) is 5.10 Å². The van der Waals surface area contributed by atoms with Gasteiger partial charge in [0.15, 0.2) is 0 Å². The van der Waals surface area contributed by atoms with E-state index in [2.05, 4.69) is 41.4 Å². The average molecular weight is 977 g/mol. The number of phenols is 1. The van der Waals surface area contributed by atoms with Gasteiger partial charge in [0.05, 0.1) is 85.5 Å². The first kappa shape index (κ1) is 51.8. The highest BCUT2D eigenvalue weighted by molar-refractivity contribution is 6.26. The molecule has 0 bridgehead atoms. The van der Waals surface area contributed by atoms with E-state index in [4.69, 9.17) is 18.9 Å². The van der Waals surface area contributed by atoms with Crippen LogP contribution in [0.2, 0.25) is 0 Å². The third-order valence-corrected chi connectivity index (χ3v) is 10.6. The Labute approximate surface area is 398 Å². The minimum Gasteiger partial charge on any atom is -0.506 e. The van der Waals surface area contributed by atoms with Crippen LogP contribution in [0.1, 0.15) is 70.8 Å². The zero-order valence-electron chi connectivity index (χ0n) is 38.4. The number of pyridine rings is 1. The molecule has 0 radical (unpaired) electrons. The number of fused-ring (bicyclic) bond motifs is 1. The first-order chi connectivity index (χ1) is 33.6. The van der Waals surface area contributed by atoms with Gasteiger partial charge in [-0.05, 0) is 56.2 Å². The van der Waals surface area contributed by atoms with Crippen molar-refractivity contribution in [1.82, 2.24) is 45.7 Å². The molecule has 5 N–H and O–H groups in total. The quantitative estimate of drug-likeness (QED) is 0.0514. The number of anilines is 1. The summed E-state index contributed by atoms with van der Waals surface area (Å²) in [4.78, 5) is 77.9. The number of piperidine rings is 1. The Balaban J connectivity index is 0.000000236. The highest BCUT2D eigenvalue weighted by Crippen LogP contribution is 2.45. The first-order valence-corrected chi connectivity index (χ1v) is 22.2. The topological polar surface area (TPSA) is 271 Å². The van der Waals surface area contributed by atoms with Crippen molar-refractivity contribution >= 4 is 41.1 Å². The van der Waals surface area contributed by atoms with Crippen molar-refractivity contribution in [2.75, 3.05) is 58.1 Å². The number of aromatic nitrogens is 6. The summed E-state index contributed by atoms with van der Waals surface area (Å²) in [6.07, 6.45) is 0.428. The van der Waals surface area contributed by atoms with E-state index < -0.39 is 47.3 Å². The standard InChI is InChI=1S/C25H30N6O8.C21H21F3N4O3/c1-2-16-14-30(29-28-16)8-9-37-10-11-38-12-13-39-15-21(33)26-18-5-3-4-17-22(18)25(36)31(24(17)35)19-6-7-20(32)27-23(19)34;1-3-18(29)26-6-7-31-17-5-4-15(16-8-12(2)27-28-16)20(30)19(17)13-9-14(11-25-10-13)21(22,23)24/h3-5,14,19H,2,6-13,15H2,1H3,(H,26,33)(H,27,32,34);4-5,8-11,30H,3,6-7H2,1-2H3,(H,26,29)(H,27,28). The summed E-state index contributed by atoms with van der Waals surface area (Å²) in [5.41, 5.74) is 1.79. The van der Waals surface area contributed by atoms with Crippen molar-refractivity contribution in [2.45, 2.75) is 65.2 Å². The predicted molar refractivity (Wildman–Crippen MR) is 241 cm³/mol. The summed E-state index contributed by atoms with van der Waals surface area (Å²) >= 11 is 0. The summed E-state index contributed by atoms with van der Waals surface area (Å²) in [7, 11) is 0. The van der Waals surface area contributed by atoms with E-state index in [9.17, 15) is 47.0 Å². The van der Waals surface area contributed by atoms with E-state index in [1.54, 1.807) is 30.7 Å². The number of nitrogens with one attached hydrogen (secondary N) is 4. The Morgan fingerprint density at radius 3 is 2.34 bits per heavy atom. The molecule has 0 spiro atoms. The number of hydrogen-bond donors (Lipinski definition) is 5. The molecule has 1 atom stereocenters. The fourth-order valence-electron chi connectivity index (χ4n) is 7.12. The Kier molecular flexibility index (Phi) is 17.9. The van der Waals surface area contributed by atoms with E-state index in [1.165, 1.54) is 30.5 Å². The highest BCUT2D eigenvalue weighted by Gasteiger charge is 2.45. The number of ether oxygens (including phenoxy) is 4. The number of phenolic OH excluding ortho intramolecular Hbond substituents is 1. The van der Waals surface area contributed by atoms with E-state index in [0.29, 0.717) is 50.2 Å². The van der Waals surface area contributed by atoms with Crippen LogP contribution in [0.4, 0.5) is 18.9 Å². The molecule has 5 aromatic rings. The lowest BCUT2D eigenvalue weighted by molar-refractivity contribution is -0.138. The maximum Gasteiger partial charge on any atom is 0.417 e. The van der Waals surface area contributed by atoms with Gasteiger partial charge in [-0.3, -0.25) is 49.1 Å². The largest absolute Gasteiger partial charge is 0.506 e. The lowest BCUT2D eigenvalue weighted by Gasteiger charge is -2.27. The molecule has 0 aliphatic carbocycles. The number of aryl methyl sites for hydroxylation is 2. The fourth-order valence-corrected chi connectivity index (χ4v) is 7.12. The maximum absolute atomic E-state index is 13.2. The van der Waals surface area contributed by atoms with E-state index >= 15 is 0 Å². The minimum atomic E-state index is -4.60. The number of nitrogens with zero attached hydrogens (tertiary/aromatic N) is 6. The molecule has 1 saturated heterocycles. The van der Waals surface area contributed by atoms with Crippen LogP contribution in [0.3, 0.4) is 0 Å². The smallest absolute Gasteiger partial charge is 0.417 e. The van der Waals surface area contributed by atoms with Crippen LogP contribution in [-0.2, 0) is 52.5 Å². The zero-order chi connectivity index (χ0) is 50.4. The molecule has 7 rings (SSSR count). The highest BCUT2D eigenvalue weighted by atomic mass is 19.4. The molecular weight excluding hydrogens is 926 g/mol. The van der Waals surface area contributed by atoms with Crippen LogP contribution in [0.15, 0.2) is 61.1 Å². The van der Waals surface area contributed by atoms with Crippen LogP contribution in [0.5, 0.6) is 11.5 Å². The minimum absolute atomic E-state index is 0.00138. The van der Waals surface area contributed by atoms with E-state index in [-0.39, 0.29) is 91.2 Å². The molecule has 372 valence electrons. The normalized spacial score (nSPS) is 14.5. The van der Waals surface area contributed by atoms with Crippen LogP contribution in [0, 0.1) is 6.92 Å². The van der Waals surface area contributed by atoms with Crippen LogP contribution in [0.25, 0.3) is 22.4 Å². The van der Waals surface area contributed by atoms with Gasteiger partial charge in [-0.2, -0.15) is 18.3 Å². The predicted octanol–water partition coefficient (Wildman–Crippen LogP) is 4.01. The monoisotopic (exact) mass is 976 g/mol. The van der Waals surface area contributed by atoms with Gasteiger partial charge in [0, 0.05) is 48.3 Å². The Bertz CT molecular complexity index is 2690. The SMILES string of the molecule is CCC(=O)NCCOc1ccc(-c2cc(C)[nH]n2)c(O)c1-c1cncc(C(F)(F)F)c1.CCc1cn(CCOCCOCCOCC(=O)Nc2cccc3c2C(=O)N(C2CCC(=O)NC2=O)C3=O)nn1. The van der Waals surface area contributed by atoms with Gasteiger partial charge in [0.2, 0.25) is 23.6 Å². The number of aromatic amines is 1. The number of benzene rings is 2. The summed E-state index contributed by atoms with van der Waals surface area (Å²) in [6, 6.07) is 9.08. The molecule has 2 aliphatic rings. The molecular formula is C46H51F3N10O11. The van der Waals surface area contributed by atoms with Gasteiger partial charge < -0.3 is 34.7 Å². The van der Waals surface area contributed by atoms with Gasteiger partial charge in [0.1, 0.15) is 30.8 Å². The second-order valence-electron chi connectivity index (χ2n) is 15.6. The molecule has 0 saturated carbocycles. The average Bonchev–Trinajstić information content (AvgIpc) is 4.05. The van der Waals surface area contributed by atoms with Crippen molar-refractivity contribution in [3.05, 3.63) is 89.1 Å². The summed E-state index contributed by atoms with van der Waals surface area (Å²) in [5, 5.41) is 33.2. The van der Waals surface area contributed by atoms with Crippen molar-refractivity contribution in [3.8, 4) is 33.9 Å². The summed E-state index contributed by atoms with van der Waals surface area (Å²) in [5.74, 6) is -3.33. The number of imide groups is 2. The molecule has 2 aliphatic heterocycles. The number of aromatic hydroxyl groups is 1. The molecule has 1 unspecified atom stereocenters. The van der Waals surface area contributed by atoms with Crippen molar-refractivity contribution in [3.63, 3.8) is 0 Å². The number of amides is 6. The van der Waals surface area contributed by atoms with E-state index in [0.717, 1.165) is 28.8 Å². The molecule has 21 nitrogen and oxygen atoms in total. The Morgan fingerprint density at radius 1 is 0.900 bits per heavy atom. The molecule has 70 heavy (non-hydrogen) atoms. The molecule has 2 aromatic carbocycles. The van der Waals surface area contributed by atoms with Gasteiger partial charge in [-0.1, -0.05) is 25.1 Å². The number of carbonyl (C=O) groups is 6. The number of hydrogen-bond acceptors (Lipinski definition) is 15. The maximum atomic E-state index is 13.2. The van der Waals surface area contributed by atoms with Crippen molar-refractivity contribution < 1.29 is 66.0 Å². The zero-order valence-corrected chi connectivity index (χ0v) is 38.4. The third kappa shape index (κ3) is 13.4. The Hall–Kier alpha value is -7.57. The summed E-state index contributed by atoms with van der Waals surface area (Å²) in [6.45, 7) is 7.75. The van der Waals surface area contributed by atoms with Crippen molar-refractivity contribution in [1.29, 1.82) is 0 Å². The number of rotatable bonds is 21. The number of H-pyrrole nitrogens is 1. The second-order valence-corrected chi connectivity index (χ2v) is 15.6. The molecule has 24 heteroatoms. The number of halogens is 3. The molecule has 3 aromatic heterocycles. The number of alkyl halides is 3. The molecule has 1 fully saturated rings. The Morgan fingerprint density at radius 2 is 1.66 bits per heavy atom. The van der Waals surface area contributed by atoms with Gasteiger partial charge >= 0.3 is 6.18 Å².